The lowest BCUT2D eigenvalue weighted by Gasteiger charge is -2.02. The molecule has 0 saturated heterocycles. The van der Waals surface area contributed by atoms with Crippen LogP contribution in [0.1, 0.15) is 24.0 Å². The number of imidazole rings is 1. The second-order valence-electron chi connectivity index (χ2n) is 3.40. The first kappa shape index (κ1) is 8.99. The van der Waals surface area contributed by atoms with Gasteiger partial charge in [-0.25, -0.2) is 4.98 Å². The van der Waals surface area contributed by atoms with Crippen LogP contribution in [0.2, 0.25) is 0 Å². The van der Waals surface area contributed by atoms with Crippen molar-refractivity contribution in [1.29, 1.82) is 0 Å². The van der Waals surface area contributed by atoms with Crippen molar-refractivity contribution < 1.29 is 5.11 Å². The number of aromatic hydroxyl groups is 1. The smallest absolute Gasteiger partial charge is 0.219 e. The van der Waals surface area contributed by atoms with E-state index < -0.39 is 0 Å². The summed E-state index contributed by atoms with van der Waals surface area (Å²) in [6, 6.07) is 0. The van der Waals surface area contributed by atoms with E-state index in [0.717, 1.165) is 23.5 Å². The van der Waals surface area contributed by atoms with Gasteiger partial charge in [-0.15, -0.1) is 0 Å². The summed E-state index contributed by atoms with van der Waals surface area (Å²) in [7, 11) is 0. The molecule has 0 aliphatic heterocycles. The zero-order chi connectivity index (χ0) is 10.3. The fraction of sp³-hybridized carbons (Fsp3) is 0.400. The van der Waals surface area contributed by atoms with E-state index in [1.54, 1.807) is 17.5 Å². The highest BCUT2D eigenvalue weighted by atomic mass is 16.3. The Labute approximate surface area is 82.2 Å². The quantitative estimate of drug-likeness (QED) is 0.745. The summed E-state index contributed by atoms with van der Waals surface area (Å²) in [5, 5.41) is 9.72. The van der Waals surface area contributed by atoms with Gasteiger partial charge in [0.15, 0.2) is 5.65 Å². The number of fused-ring (bicyclic) bond motifs is 1. The molecule has 2 aromatic rings. The van der Waals surface area contributed by atoms with Gasteiger partial charge in [0, 0.05) is 6.20 Å². The van der Waals surface area contributed by atoms with Crippen LogP contribution in [0.15, 0.2) is 6.20 Å². The first-order chi connectivity index (χ1) is 6.63. The highest BCUT2D eigenvalue weighted by Gasteiger charge is 2.11. The average molecular weight is 191 g/mol. The molecule has 74 valence electrons. The van der Waals surface area contributed by atoms with Gasteiger partial charge in [0.05, 0.1) is 11.4 Å². The van der Waals surface area contributed by atoms with Gasteiger partial charge >= 0.3 is 0 Å². The maximum Gasteiger partial charge on any atom is 0.219 e. The molecule has 0 spiro atoms. The summed E-state index contributed by atoms with van der Waals surface area (Å²) in [6.07, 6.45) is 2.62. The van der Waals surface area contributed by atoms with Crippen LogP contribution in [0.5, 0.6) is 5.88 Å². The lowest BCUT2D eigenvalue weighted by Crippen LogP contribution is -1.97. The number of hydrogen-bond acceptors (Lipinski definition) is 3. The van der Waals surface area contributed by atoms with E-state index in [-0.39, 0.29) is 5.88 Å². The van der Waals surface area contributed by atoms with Crippen molar-refractivity contribution in [3.05, 3.63) is 23.3 Å². The predicted octanol–water partition coefficient (Wildman–Crippen LogP) is 1.61. The molecule has 0 aromatic carbocycles. The van der Waals surface area contributed by atoms with E-state index in [1.807, 2.05) is 13.8 Å². The van der Waals surface area contributed by atoms with Gasteiger partial charge in [0.1, 0.15) is 5.69 Å². The third-order valence-electron chi connectivity index (χ3n) is 2.27. The fourth-order valence-electron chi connectivity index (χ4n) is 1.58. The molecule has 0 atom stereocenters. The summed E-state index contributed by atoms with van der Waals surface area (Å²) >= 11 is 0. The Balaban J connectivity index is 2.87. The highest BCUT2D eigenvalue weighted by molar-refractivity contribution is 5.49. The maximum atomic E-state index is 9.72. The van der Waals surface area contributed by atoms with Crippen LogP contribution in [0.4, 0.5) is 0 Å². The maximum absolute atomic E-state index is 9.72. The van der Waals surface area contributed by atoms with E-state index >= 15 is 0 Å². The van der Waals surface area contributed by atoms with Crippen molar-refractivity contribution in [2.75, 3.05) is 0 Å². The summed E-state index contributed by atoms with van der Waals surface area (Å²) in [4.78, 5) is 8.65. The molecule has 1 N–H and O–H groups in total. The van der Waals surface area contributed by atoms with Gasteiger partial charge in [-0.3, -0.25) is 9.38 Å². The number of hydrogen-bond donors (Lipinski definition) is 1. The first-order valence-electron chi connectivity index (χ1n) is 4.67. The minimum absolute atomic E-state index is 0.209. The van der Waals surface area contributed by atoms with E-state index in [9.17, 15) is 5.11 Å². The van der Waals surface area contributed by atoms with E-state index in [0.29, 0.717) is 5.69 Å². The molecule has 0 amide bonds. The SMILES string of the molecule is CCc1nc(C)cn2c(O)c(C)nc12. The van der Waals surface area contributed by atoms with E-state index in [2.05, 4.69) is 9.97 Å². The monoisotopic (exact) mass is 191 g/mol. The minimum Gasteiger partial charge on any atom is -0.493 e. The van der Waals surface area contributed by atoms with Crippen molar-refractivity contribution in [2.24, 2.45) is 0 Å². The summed E-state index contributed by atoms with van der Waals surface area (Å²) in [6.45, 7) is 5.73. The zero-order valence-corrected chi connectivity index (χ0v) is 8.57. The fourth-order valence-corrected chi connectivity index (χ4v) is 1.58. The molecule has 0 aliphatic rings. The van der Waals surface area contributed by atoms with Gasteiger partial charge in [-0.1, -0.05) is 6.92 Å². The van der Waals surface area contributed by atoms with Gasteiger partial charge in [-0.2, -0.15) is 0 Å². The molecule has 0 fully saturated rings. The van der Waals surface area contributed by atoms with Gasteiger partial charge in [-0.05, 0) is 20.3 Å². The Morgan fingerprint density at radius 1 is 1.36 bits per heavy atom. The third-order valence-corrected chi connectivity index (χ3v) is 2.27. The Bertz CT molecular complexity index is 488. The highest BCUT2D eigenvalue weighted by Crippen LogP contribution is 2.20. The lowest BCUT2D eigenvalue weighted by molar-refractivity contribution is 0.443. The lowest BCUT2D eigenvalue weighted by atomic mass is 10.3. The molecule has 14 heavy (non-hydrogen) atoms. The van der Waals surface area contributed by atoms with Crippen molar-refractivity contribution in [3.8, 4) is 5.88 Å². The van der Waals surface area contributed by atoms with Gasteiger partial charge in [0.25, 0.3) is 0 Å². The first-order valence-corrected chi connectivity index (χ1v) is 4.67. The molecule has 0 unspecified atom stereocenters. The molecular weight excluding hydrogens is 178 g/mol. The van der Waals surface area contributed by atoms with Crippen LogP contribution in [0.25, 0.3) is 5.65 Å². The van der Waals surface area contributed by atoms with Crippen molar-refractivity contribution in [2.45, 2.75) is 27.2 Å². The van der Waals surface area contributed by atoms with Crippen molar-refractivity contribution in [1.82, 2.24) is 14.4 Å². The number of rotatable bonds is 1. The average Bonchev–Trinajstić information content (AvgIpc) is 2.43. The molecule has 0 radical (unpaired) electrons. The Morgan fingerprint density at radius 2 is 2.07 bits per heavy atom. The van der Waals surface area contributed by atoms with Gasteiger partial charge in [0.2, 0.25) is 5.88 Å². The molecule has 2 aromatic heterocycles. The van der Waals surface area contributed by atoms with Crippen LogP contribution in [0, 0.1) is 13.8 Å². The molecule has 2 rings (SSSR count). The largest absolute Gasteiger partial charge is 0.493 e. The molecule has 4 nitrogen and oxygen atoms in total. The van der Waals surface area contributed by atoms with Crippen LogP contribution in [-0.4, -0.2) is 19.5 Å². The minimum atomic E-state index is 0.209. The molecule has 0 saturated carbocycles. The zero-order valence-electron chi connectivity index (χ0n) is 8.57. The second kappa shape index (κ2) is 2.97. The Morgan fingerprint density at radius 3 is 2.71 bits per heavy atom. The molecule has 0 bridgehead atoms. The van der Waals surface area contributed by atoms with E-state index in [1.165, 1.54) is 0 Å². The molecular formula is C10H13N3O. The van der Waals surface area contributed by atoms with Crippen molar-refractivity contribution >= 4 is 5.65 Å². The van der Waals surface area contributed by atoms with Crippen LogP contribution in [0.3, 0.4) is 0 Å². The third kappa shape index (κ3) is 1.14. The number of nitrogens with zero attached hydrogens (tertiary/aromatic N) is 3. The number of aromatic nitrogens is 3. The summed E-state index contributed by atoms with van der Waals surface area (Å²) < 4.78 is 1.69. The van der Waals surface area contributed by atoms with Crippen molar-refractivity contribution in [3.63, 3.8) is 0 Å². The Kier molecular flexibility index (Phi) is 1.91. The van der Waals surface area contributed by atoms with Crippen LogP contribution < -0.4 is 0 Å². The number of aryl methyl sites for hydroxylation is 3. The summed E-state index contributed by atoms with van der Waals surface area (Å²) in [5.74, 6) is 0.209. The van der Waals surface area contributed by atoms with Crippen LogP contribution in [-0.2, 0) is 6.42 Å². The second-order valence-corrected chi connectivity index (χ2v) is 3.40. The molecule has 0 aliphatic carbocycles. The molecule has 4 heteroatoms. The standard InChI is InChI=1S/C10H13N3O/c1-4-8-9-12-7(3)10(14)13(9)5-6(2)11-8/h5,14H,4H2,1-3H3. The normalized spacial score (nSPS) is 11.1. The molecule has 2 heterocycles. The topological polar surface area (TPSA) is 50.4 Å². The summed E-state index contributed by atoms with van der Waals surface area (Å²) in [5.41, 5.74) is 3.22. The predicted molar refractivity (Wildman–Crippen MR) is 53.5 cm³/mol. The van der Waals surface area contributed by atoms with Crippen LogP contribution >= 0.6 is 0 Å². The van der Waals surface area contributed by atoms with E-state index in [4.69, 9.17) is 0 Å². The Hall–Kier alpha value is -1.58. The van der Waals surface area contributed by atoms with Gasteiger partial charge < -0.3 is 5.11 Å².